The van der Waals surface area contributed by atoms with E-state index in [1.807, 2.05) is 42.8 Å². The molecular weight excluding hydrogens is 410 g/mol. The molecule has 1 aromatic heterocycles. The summed E-state index contributed by atoms with van der Waals surface area (Å²) in [7, 11) is 0. The highest BCUT2D eigenvalue weighted by atomic mass is 35.5. The van der Waals surface area contributed by atoms with E-state index in [1.165, 1.54) is 5.56 Å². The van der Waals surface area contributed by atoms with E-state index in [4.69, 9.17) is 11.6 Å². The minimum atomic E-state index is -0.271. The van der Waals surface area contributed by atoms with Crippen LogP contribution in [0.4, 0.5) is 5.69 Å². The fourth-order valence-electron chi connectivity index (χ4n) is 3.38. The predicted octanol–water partition coefficient (Wildman–Crippen LogP) is 4.92. The Bertz CT molecular complexity index is 1090. The van der Waals surface area contributed by atoms with E-state index in [0.717, 1.165) is 35.6 Å². The van der Waals surface area contributed by atoms with Crippen LogP contribution in [0.1, 0.15) is 39.8 Å². The first-order valence-corrected chi connectivity index (χ1v) is 10.7. The molecule has 0 aliphatic rings. The standard InChI is InChI=1S/C24H28ClN5O/c1-5-30-18(4)22(17(3)29-30)13-14-26-24(27-21-11-9-16(2)10-12-21)28-23(31)19-7-6-8-20(25)15-19/h6-12,15H,5,13-14H2,1-4H3,(H2,26,27,28,31). The van der Waals surface area contributed by atoms with Gasteiger partial charge in [0.1, 0.15) is 0 Å². The van der Waals surface area contributed by atoms with E-state index in [-0.39, 0.29) is 5.91 Å². The summed E-state index contributed by atoms with van der Waals surface area (Å²) in [4.78, 5) is 17.4. The van der Waals surface area contributed by atoms with Crippen molar-refractivity contribution in [1.82, 2.24) is 15.1 Å². The Balaban J connectivity index is 1.78. The van der Waals surface area contributed by atoms with Gasteiger partial charge in [-0.05, 0) is 70.0 Å². The number of nitrogens with one attached hydrogen (secondary N) is 2. The molecule has 0 aliphatic heterocycles. The molecule has 0 saturated carbocycles. The third-order valence-electron chi connectivity index (χ3n) is 5.10. The Morgan fingerprint density at radius 3 is 2.52 bits per heavy atom. The zero-order chi connectivity index (χ0) is 22.4. The number of halogens is 1. The van der Waals surface area contributed by atoms with Crippen LogP contribution >= 0.6 is 11.6 Å². The van der Waals surface area contributed by atoms with E-state index in [9.17, 15) is 4.79 Å². The second-order valence-corrected chi connectivity index (χ2v) is 7.84. The Morgan fingerprint density at radius 2 is 1.87 bits per heavy atom. The zero-order valence-corrected chi connectivity index (χ0v) is 19.1. The summed E-state index contributed by atoms with van der Waals surface area (Å²) >= 11 is 6.03. The smallest absolute Gasteiger partial charge is 0.258 e. The molecule has 0 fully saturated rings. The van der Waals surface area contributed by atoms with Crippen LogP contribution in [0.2, 0.25) is 5.02 Å². The lowest BCUT2D eigenvalue weighted by Crippen LogP contribution is -2.36. The monoisotopic (exact) mass is 437 g/mol. The number of aliphatic imine (C=N–C) groups is 1. The van der Waals surface area contributed by atoms with Gasteiger partial charge >= 0.3 is 0 Å². The Hall–Kier alpha value is -3.12. The number of nitrogens with zero attached hydrogens (tertiary/aromatic N) is 3. The van der Waals surface area contributed by atoms with Crippen LogP contribution in [-0.2, 0) is 13.0 Å². The van der Waals surface area contributed by atoms with Gasteiger partial charge in [0.15, 0.2) is 0 Å². The molecule has 2 aromatic carbocycles. The second kappa shape index (κ2) is 10.3. The fourth-order valence-corrected chi connectivity index (χ4v) is 3.57. The van der Waals surface area contributed by atoms with Gasteiger partial charge in [0.2, 0.25) is 5.96 Å². The molecule has 0 unspecified atom stereocenters. The van der Waals surface area contributed by atoms with Gasteiger partial charge in [0.25, 0.3) is 5.91 Å². The SMILES string of the molecule is CCn1nc(C)c(CCN=C(NC(=O)c2cccc(Cl)c2)Nc2ccc(C)cc2)c1C. The summed E-state index contributed by atoms with van der Waals surface area (Å²) in [6, 6.07) is 14.8. The van der Waals surface area contributed by atoms with E-state index < -0.39 is 0 Å². The van der Waals surface area contributed by atoms with Crippen LogP contribution in [0, 0.1) is 20.8 Å². The maximum Gasteiger partial charge on any atom is 0.258 e. The second-order valence-electron chi connectivity index (χ2n) is 7.40. The number of hydrogen-bond donors (Lipinski definition) is 2. The molecule has 0 spiro atoms. The first kappa shape index (κ1) is 22.6. The molecule has 2 N–H and O–H groups in total. The van der Waals surface area contributed by atoms with Gasteiger partial charge < -0.3 is 5.32 Å². The number of amides is 1. The average Bonchev–Trinajstić information content (AvgIpc) is 3.02. The van der Waals surface area contributed by atoms with Gasteiger partial charge in [-0.15, -0.1) is 0 Å². The largest absolute Gasteiger partial charge is 0.326 e. The van der Waals surface area contributed by atoms with Gasteiger partial charge in [-0.2, -0.15) is 5.10 Å². The zero-order valence-electron chi connectivity index (χ0n) is 18.4. The van der Waals surface area contributed by atoms with Crippen molar-refractivity contribution in [1.29, 1.82) is 0 Å². The summed E-state index contributed by atoms with van der Waals surface area (Å²) in [5, 5.41) is 11.2. The molecule has 0 aliphatic carbocycles. The number of anilines is 1. The lowest BCUT2D eigenvalue weighted by molar-refractivity contribution is 0.0977. The van der Waals surface area contributed by atoms with Crippen LogP contribution in [0.15, 0.2) is 53.5 Å². The number of aryl methyl sites for hydroxylation is 3. The summed E-state index contributed by atoms with van der Waals surface area (Å²) in [6.45, 7) is 9.56. The van der Waals surface area contributed by atoms with Crippen LogP contribution in [-0.4, -0.2) is 28.2 Å². The van der Waals surface area contributed by atoms with E-state index >= 15 is 0 Å². The van der Waals surface area contributed by atoms with Crippen molar-refractivity contribution in [3.05, 3.63) is 81.6 Å². The summed E-state index contributed by atoms with van der Waals surface area (Å²) in [5.74, 6) is 0.124. The van der Waals surface area contributed by atoms with Gasteiger partial charge in [-0.1, -0.05) is 35.4 Å². The van der Waals surface area contributed by atoms with Crippen molar-refractivity contribution < 1.29 is 4.79 Å². The molecule has 7 heteroatoms. The number of carbonyl (C=O) groups is 1. The van der Waals surface area contributed by atoms with Gasteiger partial charge in [0, 0.05) is 35.1 Å². The number of guanidine groups is 1. The average molecular weight is 438 g/mol. The first-order chi connectivity index (χ1) is 14.9. The molecule has 0 radical (unpaired) electrons. The van der Waals surface area contributed by atoms with Crippen LogP contribution in [0.5, 0.6) is 0 Å². The molecule has 1 heterocycles. The molecule has 0 saturated heterocycles. The fraction of sp³-hybridized carbons (Fsp3) is 0.292. The van der Waals surface area contributed by atoms with Crippen molar-refractivity contribution in [3.63, 3.8) is 0 Å². The number of benzene rings is 2. The van der Waals surface area contributed by atoms with Crippen molar-refractivity contribution in [3.8, 4) is 0 Å². The highest BCUT2D eigenvalue weighted by molar-refractivity contribution is 6.31. The molecule has 162 valence electrons. The van der Waals surface area contributed by atoms with Crippen molar-refractivity contribution >= 4 is 29.2 Å². The molecule has 0 atom stereocenters. The summed E-state index contributed by atoms with van der Waals surface area (Å²) in [5.41, 5.74) is 5.85. The van der Waals surface area contributed by atoms with Crippen molar-refractivity contribution in [2.45, 2.75) is 40.7 Å². The molecule has 3 aromatic rings. The molecule has 31 heavy (non-hydrogen) atoms. The van der Waals surface area contributed by atoms with Crippen LogP contribution in [0.3, 0.4) is 0 Å². The number of hydrogen-bond acceptors (Lipinski definition) is 3. The quantitative estimate of drug-likeness (QED) is 0.424. The van der Waals surface area contributed by atoms with Crippen LogP contribution < -0.4 is 10.6 Å². The van der Waals surface area contributed by atoms with Crippen molar-refractivity contribution in [2.24, 2.45) is 4.99 Å². The van der Waals surface area contributed by atoms with E-state index in [2.05, 4.69) is 34.6 Å². The maximum atomic E-state index is 12.7. The lowest BCUT2D eigenvalue weighted by Gasteiger charge is -2.12. The van der Waals surface area contributed by atoms with Crippen LogP contribution in [0.25, 0.3) is 0 Å². The topological polar surface area (TPSA) is 71.3 Å². The molecular formula is C24H28ClN5O. The molecule has 6 nitrogen and oxygen atoms in total. The van der Waals surface area contributed by atoms with Crippen molar-refractivity contribution in [2.75, 3.05) is 11.9 Å². The number of rotatable bonds is 6. The Morgan fingerprint density at radius 1 is 1.13 bits per heavy atom. The predicted molar refractivity (Wildman–Crippen MR) is 127 cm³/mol. The number of aromatic nitrogens is 2. The molecule has 0 bridgehead atoms. The Labute approximate surface area is 188 Å². The minimum absolute atomic E-state index is 0.271. The summed E-state index contributed by atoms with van der Waals surface area (Å²) in [6.07, 6.45) is 0.740. The third kappa shape index (κ3) is 5.95. The van der Waals surface area contributed by atoms with Gasteiger partial charge in [-0.25, -0.2) is 0 Å². The van der Waals surface area contributed by atoms with Gasteiger partial charge in [0.05, 0.1) is 5.69 Å². The molecule has 1 amide bonds. The molecule has 3 rings (SSSR count). The van der Waals surface area contributed by atoms with Gasteiger partial charge in [-0.3, -0.25) is 19.8 Å². The van der Waals surface area contributed by atoms with E-state index in [1.54, 1.807) is 24.3 Å². The Kier molecular flexibility index (Phi) is 7.47. The normalized spacial score (nSPS) is 11.5. The minimum Gasteiger partial charge on any atom is -0.326 e. The number of carbonyl (C=O) groups excluding carboxylic acids is 1. The lowest BCUT2D eigenvalue weighted by atomic mass is 10.1. The third-order valence-corrected chi connectivity index (χ3v) is 5.33. The first-order valence-electron chi connectivity index (χ1n) is 10.3. The highest BCUT2D eigenvalue weighted by Gasteiger charge is 2.12. The summed E-state index contributed by atoms with van der Waals surface area (Å²) < 4.78 is 2.00. The van der Waals surface area contributed by atoms with E-state index in [0.29, 0.717) is 23.1 Å². The maximum absolute atomic E-state index is 12.7. The highest BCUT2D eigenvalue weighted by Crippen LogP contribution is 2.14.